The van der Waals surface area contributed by atoms with E-state index in [2.05, 4.69) is 4.18 Å². The molecule has 1 atom stereocenters. The first kappa shape index (κ1) is 17.3. The normalized spacial score (nSPS) is 16.7. The number of alkyl halides is 9. The van der Waals surface area contributed by atoms with Crippen LogP contribution in [0.4, 0.5) is 39.5 Å². The van der Waals surface area contributed by atoms with Crippen LogP contribution in [-0.4, -0.2) is 38.8 Å². The van der Waals surface area contributed by atoms with E-state index < -0.39 is 40.5 Å². The maximum Gasteiger partial charge on any atom is 0.523 e. The summed E-state index contributed by atoms with van der Waals surface area (Å²) in [6, 6.07) is 0. The van der Waals surface area contributed by atoms with Crippen LogP contribution in [0.1, 0.15) is 0 Å². The van der Waals surface area contributed by atoms with Gasteiger partial charge in [0.2, 0.25) is 0 Å². The maximum absolute atomic E-state index is 12.4. The van der Waals surface area contributed by atoms with E-state index in [1.807, 2.05) is 0 Å². The summed E-state index contributed by atoms with van der Waals surface area (Å²) in [4.78, 5) is 0. The zero-order valence-electron chi connectivity index (χ0n) is 7.82. The third-order valence-corrected chi connectivity index (χ3v) is 2.34. The quantitative estimate of drug-likeness (QED) is 0.455. The molecule has 0 spiro atoms. The summed E-state index contributed by atoms with van der Waals surface area (Å²) >= 11 is 0. The molecule has 0 amide bonds. The molecule has 0 N–H and O–H groups in total. The number of hydrogen-bond acceptors (Lipinski definition) is 3. The van der Waals surface area contributed by atoms with Crippen LogP contribution in [0.25, 0.3) is 0 Å². The van der Waals surface area contributed by atoms with Gasteiger partial charge in [0, 0.05) is 0 Å². The molecule has 0 fully saturated rings. The van der Waals surface area contributed by atoms with Crippen molar-refractivity contribution >= 4 is 10.1 Å². The lowest BCUT2D eigenvalue weighted by Gasteiger charge is -2.22. The fourth-order valence-electron chi connectivity index (χ4n) is 0.536. The Labute approximate surface area is 93.6 Å². The predicted octanol–water partition coefficient (Wildman–Crippen LogP) is 2.39. The van der Waals surface area contributed by atoms with Crippen LogP contribution in [0.2, 0.25) is 0 Å². The summed E-state index contributed by atoms with van der Waals surface area (Å²) < 4.78 is 129. The van der Waals surface area contributed by atoms with Crippen molar-refractivity contribution in [2.45, 2.75) is 23.8 Å². The Balaban J connectivity index is 4.84. The number of halogens is 9. The molecule has 13 heteroatoms. The minimum atomic E-state index is -6.52. The summed E-state index contributed by atoms with van der Waals surface area (Å²) in [5, 5.41) is 0. The second kappa shape index (κ2) is 4.75. The van der Waals surface area contributed by atoms with Crippen LogP contribution in [-0.2, 0) is 14.3 Å². The lowest BCUT2D eigenvalue weighted by Crippen LogP contribution is -2.45. The van der Waals surface area contributed by atoms with E-state index in [1.54, 1.807) is 0 Å². The minimum absolute atomic E-state index is 2.63. The molecule has 0 aliphatic carbocycles. The van der Waals surface area contributed by atoms with Gasteiger partial charge in [0.25, 0.3) is 6.17 Å². The van der Waals surface area contributed by atoms with Gasteiger partial charge in [-0.3, -0.25) is 4.18 Å². The van der Waals surface area contributed by atoms with E-state index in [0.717, 1.165) is 0 Å². The molecule has 0 aromatic heterocycles. The maximum atomic E-state index is 12.4. The highest BCUT2D eigenvalue weighted by atomic mass is 32.2. The molecule has 0 aromatic carbocycles. The van der Waals surface area contributed by atoms with Gasteiger partial charge in [0.15, 0.2) is 0 Å². The summed E-state index contributed by atoms with van der Waals surface area (Å²) in [6.45, 7) is -2.92. The first-order valence-corrected chi connectivity index (χ1v) is 5.06. The molecule has 0 rings (SSSR count). The zero-order valence-corrected chi connectivity index (χ0v) is 8.64. The van der Waals surface area contributed by atoms with Crippen molar-refractivity contribution in [1.82, 2.24) is 0 Å². The van der Waals surface area contributed by atoms with E-state index >= 15 is 0 Å². The van der Waals surface area contributed by atoms with Gasteiger partial charge in [-0.05, 0) is 0 Å². The highest BCUT2D eigenvalue weighted by Gasteiger charge is 2.58. The predicted molar refractivity (Wildman–Crippen MR) is 36.8 cm³/mol. The smallest absolute Gasteiger partial charge is 0.257 e. The van der Waals surface area contributed by atoms with Crippen LogP contribution < -0.4 is 0 Å². The molecule has 18 heavy (non-hydrogen) atoms. The average Bonchev–Trinajstić information content (AvgIpc) is 2.10. The van der Waals surface area contributed by atoms with Crippen LogP contribution in [0.15, 0.2) is 0 Å². The lowest BCUT2D eigenvalue weighted by atomic mass is 10.2. The van der Waals surface area contributed by atoms with Crippen LogP contribution in [0.5, 0.6) is 0 Å². The van der Waals surface area contributed by atoms with Crippen LogP contribution in [0.3, 0.4) is 0 Å². The van der Waals surface area contributed by atoms with E-state index in [-0.39, 0.29) is 0 Å². The Hall–Kier alpha value is -0.720. The van der Waals surface area contributed by atoms with E-state index in [4.69, 9.17) is 0 Å². The average molecular weight is 314 g/mol. The van der Waals surface area contributed by atoms with E-state index in [1.165, 1.54) is 0 Å². The third kappa shape index (κ3) is 4.19. The van der Waals surface area contributed by atoms with Crippen LogP contribution >= 0.6 is 0 Å². The fraction of sp³-hybridized carbons (Fsp3) is 1.00. The topological polar surface area (TPSA) is 43.4 Å². The highest BCUT2D eigenvalue weighted by Crippen LogP contribution is 2.36. The summed E-state index contributed by atoms with van der Waals surface area (Å²) in [5.41, 5.74) is -6.10. The summed E-state index contributed by atoms with van der Waals surface area (Å²) in [6.07, 6.45) is -10.9. The fourth-order valence-corrected chi connectivity index (χ4v) is 0.981. The van der Waals surface area contributed by atoms with Gasteiger partial charge < -0.3 is 0 Å². The van der Waals surface area contributed by atoms with Crippen LogP contribution in [0, 0.1) is 0 Å². The minimum Gasteiger partial charge on any atom is -0.257 e. The van der Waals surface area contributed by atoms with Crippen molar-refractivity contribution in [2.75, 3.05) is 6.61 Å². The van der Waals surface area contributed by atoms with Crippen molar-refractivity contribution in [3.8, 4) is 0 Å². The molecule has 0 aromatic rings. The molecule has 0 heterocycles. The van der Waals surface area contributed by atoms with Gasteiger partial charge in [-0.1, -0.05) is 0 Å². The highest BCUT2D eigenvalue weighted by molar-refractivity contribution is 7.87. The standard InChI is InChI=1S/C5H3F9O3S/c6-2(4(9,10)11)3(7,8)1-17-18(15,16)5(12,13)14/h2H,1H2. The molecule has 1 unspecified atom stereocenters. The largest absolute Gasteiger partial charge is 0.523 e. The Morgan fingerprint density at radius 1 is 0.944 bits per heavy atom. The first-order chi connectivity index (χ1) is 7.61. The molecule has 110 valence electrons. The van der Waals surface area contributed by atoms with Gasteiger partial charge in [-0.15, -0.1) is 0 Å². The van der Waals surface area contributed by atoms with Gasteiger partial charge in [0.05, 0.1) is 0 Å². The van der Waals surface area contributed by atoms with E-state index in [9.17, 15) is 47.9 Å². The Kier molecular flexibility index (Phi) is 4.56. The van der Waals surface area contributed by atoms with Crippen molar-refractivity contribution in [3.63, 3.8) is 0 Å². The molecular formula is C5H3F9O3S. The van der Waals surface area contributed by atoms with Crippen molar-refractivity contribution in [2.24, 2.45) is 0 Å². The summed E-state index contributed by atoms with van der Waals surface area (Å²) in [5.74, 6) is -5.48. The van der Waals surface area contributed by atoms with Gasteiger partial charge in [-0.25, -0.2) is 13.2 Å². The number of hydrogen-bond donors (Lipinski definition) is 0. The van der Waals surface area contributed by atoms with E-state index in [0.29, 0.717) is 0 Å². The molecule has 0 aliphatic heterocycles. The Bertz CT molecular complexity index is 380. The van der Waals surface area contributed by atoms with Gasteiger partial charge in [0.1, 0.15) is 6.61 Å². The molecule has 3 nitrogen and oxygen atoms in total. The summed E-state index contributed by atoms with van der Waals surface area (Å²) in [7, 11) is -6.52. The zero-order chi connectivity index (χ0) is 15.0. The molecular weight excluding hydrogens is 311 g/mol. The van der Waals surface area contributed by atoms with Crippen molar-refractivity contribution in [3.05, 3.63) is 0 Å². The van der Waals surface area contributed by atoms with Gasteiger partial charge >= 0.3 is 27.7 Å². The molecule has 0 bridgehead atoms. The first-order valence-electron chi connectivity index (χ1n) is 3.65. The van der Waals surface area contributed by atoms with Crippen molar-refractivity contribution < 1.29 is 52.1 Å². The Morgan fingerprint density at radius 3 is 1.61 bits per heavy atom. The Morgan fingerprint density at radius 2 is 1.33 bits per heavy atom. The number of rotatable bonds is 4. The molecule has 0 saturated heterocycles. The SMILES string of the molecule is O=S(=O)(OCC(F)(F)C(F)C(F)(F)F)C(F)(F)F. The second-order valence-electron chi connectivity index (χ2n) is 2.83. The lowest BCUT2D eigenvalue weighted by molar-refractivity contribution is -0.250. The van der Waals surface area contributed by atoms with Crippen molar-refractivity contribution in [1.29, 1.82) is 0 Å². The monoisotopic (exact) mass is 314 g/mol. The molecule has 0 saturated carbocycles. The third-order valence-electron chi connectivity index (χ3n) is 1.35. The molecule has 0 radical (unpaired) electrons. The van der Waals surface area contributed by atoms with Gasteiger partial charge in [-0.2, -0.15) is 34.8 Å². The molecule has 0 aliphatic rings. The second-order valence-corrected chi connectivity index (χ2v) is 4.43.